The molecule has 0 aliphatic heterocycles. The summed E-state index contributed by atoms with van der Waals surface area (Å²) in [5, 5.41) is 12.9. The van der Waals surface area contributed by atoms with Crippen LogP contribution < -0.4 is 5.32 Å². The van der Waals surface area contributed by atoms with E-state index in [4.69, 9.17) is 0 Å². The maximum Gasteiger partial charge on any atom is 0.115 e. The minimum absolute atomic E-state index is 0.342. The Hall–Kier alpha value is -1.02. The van der Waals surface area contributed by atoms with Crippen LogP contribution in [0.25, 0.3) is 0 Å². The van der Waals surface area contributed by atoms with E-state index in [0.29, 0.717) is 11.8 Å². The Morgan fingerprint density at radius 3 is 2.50 bits per heavy atom. The van der Waals surface area contributed by atoms with E-state index in [1.54, 1.807) is 12.1 Å². The Morgan fingerprint density at radius 1 is 1.38 bits per heavy atom. The van der Waals surface area contributed by atoms with Crippen molar-refractivity contribution >= 4 is 0 Å². The number of hydrogen-bond acceptors (Lipinski definition) is 2. The highest BCUT2D eigenvalue weighted by atomic mass is 16.3. The lowest BCUT2D eigenvalue weighted by molar-refractivity contribution is 0.471. The van der Waals surface area contributed by atoms with Crippen LogP contribution in [0, 0.1) is 11.8 Å². The minimum atomic E-state index is 0.342. The first-order valence-corrected chi connectivity index (χ1v) is 6.23. The standard InChI is InChI=1S/C14H21NO/c1-3-14(15-9-12-8-10(12)2)11-4-6-13(16)7-5-11/h4-7,10,12,14-16H,3,8-9H2,1-2H3. The number of aromatic hydroxyl groups is 1. The lowest BCUT2D eigenvalue weighted by atomic mass is 10.0. The zero-order valence-corrected chi connectivity index (χ0v) is 10.1. The van der Waals surface area contributed by atoms with E-state index >= 15 is 0 Å². The van der Waals surface area contributed by atoms with Crippen LogP contribution in [0.2, 0.25) is 0 Å². The van der Waals surface area contributed by atoms with Gasteiger partial charge in [-0.25, -0.2) is 0 Å². The summed E-state index contributed by atoms with van der Waals surface area (Å²) in [5.41, 5.74) is 1.27. The van der Waals surface area contributed by atoms with Crippen LogP contribution in [-0.4, -0.2) is 11.7 Å². The molecule has 3 unspecified atom stereocenters. The van der Waals surface area contributed by atoms with E-state index in [1.165, 1.54) is 12.0 Å². The van der Waals surface area contributed by atoms with Gasteiger partial charge in [-0.1, -0.05) is 26.0 Å². The number of rotatable bonds is 5. The first-order valence-electron chi connectivity index (χ1n) is 6.23. The monoisotopic (exact) mass is 219 g/mol. The van der Waals surface area contributed by atoms with Crippen molar-refractivity contribution in [3.63, 3.8) is 0 Å². The smallest absolute Gasteiger partial charge is 0.115 e. The van der Waals surface area contributed by atoms with Crippen LogP contribution in [-0.2, 0) is 0 Å². The van der Waals surface area contributed by atoms with Gasteiger partial charge in [0.1, 0.15) is 5.75 Å². The molecule has 1 aliphatic rings. The van der Waals surface area contributed by atoms with Crippen LogP contribution in [0.4, 0.5) is 0 Å². The molecule has 0 aromatic heterocycles. The van der Waals surface area contributed by atoms with E-state index in [2.05, 4.69) is 19.2 Å². The van der Waals surface area contributed by atoms with Crippen molar-refractivity contribution in [1.29, 1.82) is 0 Å². The molecule has 2 rings (SSSR count). The van der Waals surface area contributed by atoms with Crippen molar-refractivity contribution in [3.8, 4) is 5.75 Å². The number of benzene rings is 1. The predicted molar refractivity (Wildman–Crippen MR) is 66.4 cm³/mol. The van der Waals surface area contributed by atoms with Crippen molar-refractivity contribution in [2.75, 3.05) is 6.54 Å². The fourth-order valence-corrected chi connectivity index (χ4v) is 2.18. The molecule has 0 radical (unpaired) electrons. The summed E-state index contributed by atoms with van der Waals surface area (Å²) in [7, 11) is 0. The molecule has 0 saturated heterocycles. The van der Waals surface area contributed by atoms with Gasteiger partial charge in [0.15, 0.2) is 0 Å². The second-order valence-corrected chi connectivity index (χ2v) is 4.93. The first kappa shape index (κ1) is 11.5. The first-order chi connectivity index (χ1) is 7.70. The second kappa shape index (κ2) is 4.88. The van der Waals surface area contributed by atoms with Crippen LogP contribution in [0.1, 0.15) is 38.3 Å². The topological polar surface area (TPSA) is 32.3 Å². The maximum atomic E-state index is 9.25. The Morgan fingerprint density at radius 2 is 2.00 bits per heavy atom. The van der Waals surface area contributed by atoms with Crippen molar-refractivity contribution in [2.24, 2.45) is 11.8 Å². The molecule has 1 aliphatic carbocycles. The molecule has 1 aromatic carbocycles. The zero-order chi connectivity index (χ0) is 11.5. The van der Waals surface area contributed by atoms with Gasteiger partial charge in [0.2, 0.25) is 0 Å². The Balaban J connectivity index is 1.90. The third-order valence-electron chi connectivity index (χ3n) is 3.61. The normalized spacial score (nSPS) is 25.4. The van der Waals surface area contributed by atoms with Gasteiger partial charge in [0.05, 0.1) is 0 Å². The van der Waals surface area contributed by atoms with Gasteiger partial charge in [0, 0.05) is 6.04 Å². The largest absolute Gasteiger partial charge is 0.508 e. The molecule has 3 atom stereocenters. The molecule has 2 N–H and O–H groups in total. The van der Waals surface area contributed by atoms with E-state index in [0.717, 1.165) is 24.8 Å². The van der Waals surface area contributed by atoms with Crippen molar-refractivity contribution in [2.45, 2.75) is 32.7 Å². The summed E-state index contributed by atoms with van der Waals surface area (Å²) in [4.78, 5) is 0. The third-order valence-corrected chi connectivity index (χ3v) is 3.61. The van der Waals surface area contributed by atoms with Gasteiger partial charge in [-0.3, -0.25) is 0 Å². The molecule has 16 heavy (non-hydrogen) atoms. The highest BCUT2D eigenvalue weighted by molar-refractivity contribution is 5.28. The number of phenolic OH excluding ortho intramolecular Hbond substituents is 1. The van der Waals surface area contributed by atoms with Gasteiger partial charge < -0.3 is 10.4 Å². The average Bonchev–Trinajstić information content (AvgIpc) is 2.98. The molecule has 0 heterocycles. The highest BCUT2D eigenvalue weighted by Gasteiger charge is 2.32. The summed E-state index contributed by atoms with van der Waals surface area (Å²) in [5.74, 6) is 2.13. The molecule has 88 valence electrons. The van der Waals surface area contributed by atoms with Crippen molar-refractivity contribution < 1.29 is 5.11 Å². The molecule has 2 nitrogen and oxygen atoms in total. The number of phenols is 1. The lowest BCUT2D eigenvalue weighted by Gasteiger charge is -2.17. The van der Waals surface area contributed by atoms with Crippen LogP contribution in [0.15, 0.2) is 24.3 Å². The Labute approximate surface area is 97.7 Å². The van der Waals surface area contributed by atoms with E-state index < -0.39 is 0 Å². The molecular formula is C14H21NO. The summed E-state index contributed by atoms with van der Waals surface area (Å²) >= 11 is 0. The Kier molecular flexibility index (Phi) is 3.49. The molecular weight excluding hydrogens is 198 g/mol. The van der Waals surface area contributed by atoms with Crippen molar-refractivity contribution in [1.82, 2.24) is 5.32 Å². The van der Waals surface area contributed by atoms with E-state index in [1.807, 2.05) is 12.1 Å². The minimum Gasteiger partial charge on any atom is -0.508 e. The van der Waals surface area contributed by atoms with Gasteiger partial charge in [-0.15, -0.1) is 0 Å². The lowest BCUT2D eigenvalue weighted by Crippen LogP contribution is -2.23. The van der Waals surface area contributed by atoms with Gasteiger partial charge in [-0.05, 0) is 48.9 Å². The molecule has 1 fully saturated rings. The highest BCUT2D eigenvalue weighted by Crippen LogP contribution is 2.37. The van der Waals surface area contributed by atoms with Crippen molar-refractivity contribution in [3.05, 3.63) is 29.8 Å². The van der Waals surface area contributed by atoms with E-state index in [9.17, 15) is 5.11 Å². The molecule has 1 saturated carbocycles. The van der Waals surface area contributed by atoms with Crippen LogP contribution >= 0.6 is 0 Å². The Bertz CT molecular complexity index is 333. The summed E-state index contributed by atoms with van der Waals surface area (Å²) in [6.45, 7) is 5.63. The SMILES string of the molecule is CCC(NCC1CC1C)c1ccc(O)cc1. The predicted octanol–water partition coefficient (Wildman–Crippen LogP) is 3.09. The molecule has 1 aromatic rings. The third kappa shape index (κ3) is 2.76. The number of nitrogens with one attached hydrogen (secondary N) is 1. The quantitative estimate of drug-likeness (QED) is 0.797. The van der Waals surface area contributed by atoms with Gasteiger partial charge >= 0.3 is 0 Å². The summed E-state index contributed by atoms with van der Waals surface area (Å²) in [6.07, 6.45) is 2.46. The molecule has 0 amide bonds. The zero-order valence-electron chi connectivity index (χ0n) is 10.1. The summed E-state index contributed by atoms with van der Waals surface area (Å²) < 4.78 is 0. The van der Waals surface area contributed by atoms with Gasteiger partial charge in [0.25, 0.3) is 0 Å². The second-order valence-electron chi connectivity index (χ2n) is 4.93. The molecule has 0 bridgehead atoms. The summed E-state index contributed by atoms with van der Waals surface area (Å²) in [6, 6.07) is 7.96. The fourth-order valence-electron chi connectivity index (χ4n) is 2.18. The fraction of sp³-hybridized carbons (Fsp3) is 0.571. The average molecular weight is 219 g/mol. The van der Waals surface area contributed by atoms with Crippen LogP contribution in [0.3, 0.4) is 0 Å². The van der Waals surface area contributed by atoms with Gasteiger partial charge in [-0.2, -0.15) is 0 Å². The molecule has 0 spiro atoms. The maximum absolute atomic E-state index is 9.25. The molecule has 2 heteroatoms. The van der Waals surface area contributed by atoms with Crippen LogP contribution in [0.5, 0.6) is 5.75 Å². The number of hydrogen-bond donors (Lipinski definition) is 2. The van der Waals surface area contributed by atoms with E-state index in [-0.39, 0.29) is 0 Å².